The molecule has 0 amide bonds. The Kier molecular flexibility index (Phi) is 3.16. The van der Waals surface area contributed by atoms with Gasteiger partial charge < -0.3 is 0 Å². The third-order valence-electron chi connectivity index (χ3n) is 6.82. The number of hydrogen-bond acceptors (Lipinski definition) is 2. The van der Waals surface area contributed by atoms with Crippen molar-refractivity contribution >= 4 is 0 Å². The second kappa shape index (κ2) is 4.82. The molecule has 0 aromatic heterocycles. The van der Waals surface area contributed by atoms with Crippen molar-refractivity contribution in [2.24, 2.45) is 29.0 Å². The quantitative estimate of drug-likeness (QED) is 0.650. The standard InChI is InChI=1S/C19H28N2/c1-12-4-3-5-17(13(12)2)18(21-20)19-9-14-6-15(10-19)8-16(7-14)11-19/h3-5,14-16,18,21H,6-11,20H2,1-2H3. The molecule has 1 aromatic carbocycles. The van der Waals surface area contributed by atoms with Crippen molar-refractivity contribution in [3.63, 3.8) is 0 Å². The number of rotatable bonds is 3. The smallest absolute Gasteiger partial charge is 0.0519 e. The van der Waals surface area contributed by atoms with Crippen LogP contribution in [0.5, 0.6) is 0 Å². The summed E-state index contributed by atoms with van der Waals surface area (Å²) >= 11 is 0. The number of aryl methyl sites for hydroxylation is 1. The second-order valence-corrected chi connectivity index (χ2v) is 8.17. The maximum absolute atomic E-state index is 6.10. The van der Waals surface area contributed by atoms with Crippen molar-refractivity contribution in [3.8, 4) is 0 Å². The molecule has 2 heteroatoms. The molecule has 4 aliphatic rings. The van der Waals surface area contributed by atoms with Crippen LogP contribution < -0.4 is 11.3 Å². The molecule has 0 spiro atoms. The van der Waals surface area contributed by atoms with Crippen molar-refractivity contribution in [2.45, 2.75) is 58.4 Å². The molecule has 4 aliphatic carbocycles. The summed E-state index contributed by atoms with van der Waals surface area (Å²) in [5.74, 6) is 9.00. The molecule has 4 fully saturated rings. The van der Waals surface area contributed by atoms with E-state index in [9.17, 15) is 0 Å². The van der Waals surface area contributed by atoms with Crippen molar-refractivity contribution in [3.05, 3.63) is 34.9 Å². The van der Waals surface area contributed by atoms with Crippen LogP contribution in [0.25, 0.3) is 0 Å². The maximum Gasteiger partial charge on any atom is 0.0519 e. The molecule has 0 radical (unpaired) electrons. The van der Waals surface area contributed by atoms with Crippen molar-refractivity contribution in [1.29, 1.82) is 0 Å². The minimum atomic E-state index is 0.339. The molecule has 2 nitrogen and oxygen atoms in total. The third-order valence-corrected chi connectivity index (χ3v) is 6.82. The van der Waals surface area contributed by atoms with Gasteiger partial charge in [-0.1, -0.05) is 18.2 Å². The lowest BCUT2D eigenvalue weighted by Crippen LogP contribution is -2.53. The number of nitrogens with one attached hydrogen (secondary N) is 1. The van der Waals surface area contributed by atoms with Crippen LogP contribution in [0.3, 0.4) is 0 Å². The summed E-state index contributed by atoms with van der Waals surface area (Å²) in [5.41, 5.74) is 7.92. The predicted molar refractivity (Wildman–Crippen MR) is 86.6 cm³/mol. The van der Waals surface area contributed by atoms with Gasteiger partial charge in [0.25, 0.3) is 0 Å². The average molecular weight is 284 g/mol. The number of hydrogen-bond donors (Lipinski definition) is 2. The lowest BCUT2D eigenvalue weighted by Gasteiger charge is -2.59. The van der Waals surface area contributed by atoms with Crippen LogP contribution in [-0.4, -0.2) is 0 Å². The molecule has 0 aliphatic heterocycles. The van der Waals surface area contributed by atoms with Crippen LogP contribution in [0.1, 0.15) is 61.3 Å². The monoisotopic (exact) mass is 284 g/mol. The molecule has 3 N–H and O–H groups in total. The summed E-state index contributed by atoms with van der Waals surface area (Å²) in [6.07, 6.45) is 8.64. The third kappa shape index (κ3) is 2.07. The highest BCUT2D eigenvalue weighted by Crippen LogP contribution is 2.64. The minimum absolute atomic E-state index is 0.339. The molecule has 0 heterocycles. The van der Waals surface area contributed by atoms with E-state index in [2.05, 4.69) is 37.5 Å². The van der Waals surface area contributed by atoms with Gasteiger partial charge in [0.05, 0.1) is 6.04 Å². The van der Waals surface area contributed by atoms with Gasteiger partial charge >= 0.3 is 0 Å². The highest BCUT2D eigenvalue weighted by molar-refractivity contribution is 5.37. The van der Waals surface area contributed by atoms with Gasteiger partial charge in [-0.05, 0) is 92.2 Å². The van der Waals surface area contributed by atoms with Gasteiger partial charge in [0.1, 0.15) is 0 Å². The van der Waals surface area contributed by atoms with Crippen LogP contribution >= 0.6 is 0 Å². The van der Waals surface area contributed by atoms with E-state index >= 15 is 0 Å². The molecule has 0 saturated heterocycles. The fourth-order valence-corrected chi connectivity index (χ4v) is 6.21. The van der Waals surface area contributed by atoms with Crippen LogP contribution in [-0.2, 0) is 0 Å². The zero-order valence-electron chi connectivity index (χ0n) is 13.4. The zero-order chi connectivity index (χ0) is 14.6. The SMILES string of the molecule is Cc1cccc(C(NN)C23CC4CC(CC(C4)C2)C3)c1C. The van der Waals surface area contributed by atoms with Crippen LogP contribution in [0.15, 0.2) is 18.2 Å². The summed E-state index contributed by atoms with van der Waals surface area (Å²) in [5, 5.41) is 0. The van der Waals surface area contributed by atoms with Gasteiger partial charge in [0.15, 0.2) is 0 Å². The molecule has 1 atom stereocenters. The minimum Gasteiger partial charge on any atom is -0.271 e. The normalized spacial score (nSPS) is 38.7. The first-order valence-corrected chi connectivity index (χ1v) is 8.63. The Morgan fingerprint density at radius 1 is 1.05 bits per heavy atom. The summed E-state index contributed by atoms with van der Waals surface area (Å²) < 4.78 is 0. The van der Waals surface area contributed by atoms with Gasteiger partial charge in [-0.15, -0.1) is 0 Å². The van der Waals surface area contributed by atoms with Crippen LogP contribution in [0.2, 0.25) is 0 Å². The topological polar surface area (TPSA) is 38.0 Å². The van der Waals surface area contributed by atoms with E-state index < -0.39 is 0 Å². The summed E-state index contributed by atoms with van der Waals surface area (Å²) in [6, 6.07) is 7.05. The Balaban J connectivity index is 1.74. The highest BCUT2D eigenvalue weighted by atomic mass is 15.2. The fourth-order valence-electron chi connectivity index (χ4n) is 6.21. The predicted octanol–water partition coefficient (Wildman–Crippen LogP) is 4.02. The fraction of sp³-hybridized carbons (Fsp3) is 0.684. The lowest BCUT2D eigenvalue weighted by atomic mass is 9.47. The van der Waals surface area contributed by atoms with E-state index in [0.717, 1.165) is 17.8 Å². The Morgan fingerprint density at radius 3 is 2.14 bits per heavy atom. The first kappa shape index (κ1) is 13.8. The van der Waals surface area contributed by atoms with Crippen LogP contribution in [0.4, 0.5) is 0 Å². The molecule has 21 heavy (non-hydrogen) atoms. The molecule has 4 saturated carbocycles. The highest BCUT2D eigenvalue weighted by Gasteiger charge is 2.54. The van der Waals surface area contributed by atoms with E-state index in [1.54, 1.807) is 0 Å². The van der Waals surface area contributed by atoms with Crippen molar-refractivity contribution in [2.75, 3.05) is 0 Å². The molecular weight excluding hydrogens is 256 g/mol. The van der Waals surface area contributed by atoms with Crippen LogP contribution in [0, 0.1) is 37.0 Å². The Morgan fingerprint density at radius 2 is 1.62 bits per heavy atom. The molecule has 1 aromatic rings. The first-order chi connectivity index (χ1) is 10.1. The second-order valence-electron chi connectivity index (χ2n) is 8.17. The van der Waals surface area contributed by atoms with Gasteiger partial charge in [0.2, 0.25) is 0 Å². The van der Waals surface area contributed by atoms with Gasteiger partial charge in [-0.2, -0.15) is 0 Å². The molecule has 114 valence electrons. The molecular formula is C19H28N2. The van der Waals surface area contributed by atoms with Gasteiger partial charge in [-0.25, -0.2) is 0 Å². The zero-order valence-corrected chi connectivity index (χ0v) is 13.4. The maximum atomic E-state index is 6.10. The molecule has 4 bridgehead atoms. The summed E-state index contributed by atoms with van der Waals surface area (Å²) in [7, 11) is 0. The number of hydrazine groups is 1. The van der Waals surface area contributed by atoms with E-state index in [1.165, 1.54) is 55.2 Å². The first-order valence-electron chi connectivity index (χ1n) is 8.63. The summed E-state index contributed by atoms with van der Waals surface area (Å²) in [4.78, 5) is 0. The van der Waals surface area contributed by atoms with E-state index in [1.807, 2.05) is 0 Å². The molecule has 1 unspecified atom stereocenters. The van der Waals surface area contributed by atoms with Crippen molar-refractivity contribution < 1.29 is 0 Å². The largest absolute Gasteiger partial charge is 0.271 e. The van der Waals surface area contributed by atoms with Gasteiger partial charge in [-0.3, -0.25) is 11.3 Å². The number of nitrogens with two attached hydrogens (primary N) is 1. The van der Waals surface area contributed by atoms with Gasteiger partial charge in [0, 0.05) is 0 Å². The summed E-state index contributed by atoms with van der Waals surface area (Å²) in [6.45, 7) is 4.47. The lowest BCUT2D eigenvalue weighted by molar-refractivity contribution is -0.0750. The molecule has 5 rings (SSSR count). The van der Waals surface area contributed by atoms with E-state index in [0.29, 0.717) is 11.5 Å². The van der Waals surface area contributed by atoms with Crippen molar-refractivity contribution in [1.82, 2.24) is 5.43 Å². The Bertz CT molecular complexity index is 513. The Labute approximate surface area is 128 Å². The number of benzene rings is 1. The Hall–Kier alpha value is -0.860. The average Bonchev–Trinajstić information content (AvgIpc) is 2.42. The van der Waals surface area contributed by atoms with E-state index in [4.69, 9.17) is 5.84 Å². The van der Waals surface area contributed by atoms with E-state index in [-0.39, 0.29) is 0 Å².